The van der Waals surface area contributed by atoms with Crippen molar-refractivity contribution < 1.29 is 4.79 Å². The van der Waals surface area contributed by atoms with Crippen molar-refractivity contribution in [2.75, 3.05) is 11.9 Å². The lowest BCUT2D eigenvalue weighted by molar-refractivity contribution is 0.0991. The molecule has 2 rings (SSSR count). The minimum atomic E-state index is -0.345. The highest BCUT2D eigenvalue weighted by Gasteiger charge is 2.16. The minimum Gasteiger partial charge on any atom is -0.364 e. The van der Waals surface area contributed by atoms with E-state index in [1.807, 2.05) is 0 Å². The predicted molar refractivity (Wildman–Crippen MR) is 68.8 cm³/mol. The topological polar surface area (TPSA) is 66.1 Å². The highest BCUT2D eigenvalue weighted by Crippen LogP contribution is 2.12. The standard InChI is InChI=1S/C13H13N3O2/c1-9-7-12(17)11(8-15-9)13(18)16(2)10-3-5-14-6-4-10/h3-8H,1-2H3,(H,15,17). The molecule has 0 bridgehead atoms. The molecule has 0 radical (unpaired) electrons. The number of aromatic nitrogens is 2. The van der Waals surface area contributed by atoms with Crippen molar-refractivity contribution in [3.8, 4) is 0 Å². The van der Waals surface area contributed by atoms with Crippen LogP contribution in [-0.4, -0.2) is 22.9 Å². The van der Waals surface area contributed by atoms with Crippen molar-refractivity contribution >= 4 is 11.6 Å². The van der Waals surface area contributed by atoms with E-state index in [0.29, 0.717) is 5.69 Å². The van der Waals surface area contributed by atoms with Gasteiger partial charge < -0.3 is 9.88 Å². The maximum atomic E-state index is 12.2. The second-order valence-corrected chi connectivity index (χ2v) is 3.96. The fraction of sp³-hybridized carbons (Fsp3) is 0.154. The Hall–Kier alpha value is -2.43. The normalized spacial score (nSPS) is 10.1. The zero-order valence-corrected chi connectivity index (χ0v) is 10.2. The first-order valence-corrected chi connectivity index (χ1v) is 5.47. The monoisotopic (exact) mass is 243 g/mol. The quantitative estimate of drug-likeness (QED) is 0.866. The summed E-state index contributed by atoms with van der Waals surface area (Å²) in [5.74, 6) is -0.345. The molecule has 0 saturated carbocycles. The molecule has 0 aliphatic carbocycles. The van der Waals surface area contributed by atoms with E-state index in [4.69, 9.17) is 0 Å². The number of H-pyrrole nitrogens is 1. The van der Waals surface area contributed by atoms with Crippen molar-refractivity contribution in [3.63, 3.8) is 0 Å². The van der Waals surface area contributed by atoms with Gasteiger partial charge in [0.25, 0.3) is 5.91 Å². The van der Waals surface area contributed by atoms with Gasteiger partial charge in [0.2, 0.25) is 0 Å². The average Bonchev–Trinajstić information content (AvgIpc) is 2.38. The number of anilines is 1. The van der Waals surface area contributed by atoms with E-state index >= 15 is 0 Å². The summed E-state index contributed by atoms with van der Waals surface area (Å²) in [6, 6.07) is 4.83. The molecule has 2 aromatic heterocycles. The van der Waals surface area contributed by atoms with Crippen molar-refractivity contribution in [1.82, 2.24) is 9.97 Å². The lowest BCUT2D eigenvalue weighted by Crippen LogP contribution is -2.30. The van der Waals surface area contributed by atoms with Crippen molar-refractivity contribution in [2.24, 2.45) is 0 Å². The molecule has 18 heavy (non-hydrogen) atoms. The number of aromatic amines is 1. The number of nitrogens with one attached hydrogen (secondary N) is 1. The highest BCUT2D eigenvalue weighted by atomic mass is 16.2. The van der Waals surface area contributed by atoms with E-state index < -0.39 is 0 Å². The molecular weight excluding hydrogens is 230 g/mol. The third-order valence-corrected chi connectivity index (χ3v) is 2.64. The molecule has 0 aromatic carbocycles. The highest BCUT2D eigenvalue weighted by molar-refractivity contribution is 6.05. The molecule has 0 fully saturated rings. The van der Waals surface area contributed by atoms with Gasteiger partial charge in [0.15, 0.2) is 5.43 Å². The van der Waals surface area contributed by atoms with Gasteiger partial charge in [-0.3, -0.25) is 14.6 Å². The second-order valence-electron chi connectivity index (χ2n) is 3.96. The second kappa shape index (κ2) is 4.83. The number of pyridine rings is 2. The molecule has 2 heterocycles. The smallest absolute Gasteiger partial charge is 0.263 e. The van der Waals surface area contributed by atoms with E-state index in [2.05, 4.69) is 9.97 Å². The lowest BCUT2D eigenvalue weighted by Gasteiger charge is -2.16. The molecule has 0 aliphatic heterocycles. The van der Waals surface area contributed by atoms with Crippen LogP contribution in [0.5, 0.6) is 0 Å². The van der Waals surface area contributed by atoms with Crippen LogP contribution in [-0.2, 0) is 0 Å². The molecule has 92 valence electrons. The Kier molecular flexibility index (Phi) is 3.23. The Morgan fingerprint density at radius 2 is 2.00 bits per heavy atom. The molecule has 1 N–H and O–H groups in total. The van der Waals surface area contributed by atoms with E-state index in [1.54, 1.807) is 38.5 Å². The molecule has 2 aromatic rings. The molecular formula is C13H13N3O2. The van der Waals surface area contributed by atoms with E-state index in [1.165, 1.54) is 17.2 Å². The summed E-state index contributed by atoms with van der Waals surface area (Å²) in [5.41, 5.74) is 1.26. The Morgan fingerprint density at radius 1 is 1.33 bits per heavy atom. The van der Waals surface area contributed by atoms with E-state index in [9.17, 15) is 9.59 Å². The number of nitrogens with zero attached hydrogens (tertiary/aromatic N) is 2. The summed E-state index contributed by atoms with van der Waals surface area (Å²) in [5, 5.41) is 0. The van der Waals surface area contributed by atoms with Crippen molar-refractivity contribution in [3.05, 3.63) is 58.3 Å². The lowest BCUT2D eigenvalue weighted by atomic mass is 10.2. The number of aryl methyl sites for hydroxylation is 1. The molecule has 5 nitrogen and oxygen atoms in total. The summed E-state index contributed by atoms with van der Waals surface area (Å²) in [6.07, 6.45) is 4.63. The number of amides is 1. The number of carbonyl (C=O) groups excluding carboxylic acids is 1. The fourth-order valence-corrected chi connectivity index (χ4v) is 1.61. The van der Waals surface area contributed by atoms with Gasteiger partial charge in [-0.25, -0.2) is 0 Å². The van der Waals surface area contributed by atoms with Gasteiger partial charge in [-0.2, -0.15) is 0 Å². The van der Waals surface area contributed by atoms with Crippen LogP contribution in [0.15, 0.2) is 41.6 Å². The first kappa shape index (κ1) is 12.0. The molecule has 0 atom stereocenters. The van der Waals surface area contributed by atoms with Gasteiger partial charge in [-0.15, -0.1) is 0 Å². The fourth-order valence-electron chi connectivity index (χ4n) is 1.61. The first-order chi connectivity index (χ1) is 8.59. The van der Waals surface area contributed by atoms with Gasteiger partial charge in [0.05, 0.1) is 0 Å². The number of rotatable bonds is 2. The van der Waals surface area contributed by atoms with Crippen molar-refractivity contribution in [2.45, 2.75) is 6.92 Å². The van der Waals surface area contributed by atoms with Crippen LogP contribution in [0.4, 0.5) is 5.69 Å². The summed E-state index contributed by atoms with van der Waals surface area (Å²) in [7, 11) is 1.62. The number of hydrogen-bond donors (Lipinski definition) is 1. The van der Waals surface area contributed by atoms with E-state index in [0.717, 1.165) is 5.69 Å². The average molecular weight is 243 g/mol. The Labute approximate surface area is 104 Å². The molecule has 0 aliphatic rings. The van der Waals surface area contributed by atoms with Crippen molar-refractivity contribution in [1.29, 1.82) is 0 Å². The summed E-state index contributed by atoms with van der Waals surface area (Å²) < 4.78 is 0. The van der Waals surface area contributed by atoms with E-state index in [-0.39, 0.29) is 16.9 Å². The van der Waals surface area contributed by atoms with Gasteiger partial charge in [0, 0.05) is 43.1 Å². The summed E-state index contributed by atoms with van der Waals surface area (Å²) in [6.45, 7) is 1.77. The minimum absolute atomic E-state index is 0.125. The summed E-state index contributed by atoms with van der Waals surface area (Å²) in [4.78, 5) is 32.1. The molecule has 5 heteroatoms. The largest absolute Gasteiger partial charge is 0.364 e. The summed E-state index contributed by atoms with van der Waals surface area (Å²) >= 11 is 0. The van der Waals surface area contributed by atoms with Crippen LogP contribution in [0.2, 0.25) is 0 Å². The van der Waals surface area contributed by atoms with Gasteiger partial charge in [-0.1, -0.05) is 0 Å². The number of hydrogen-bond acceptors (Lipinski definition) is 3. The Balaban J connectivity index is 2.35. The third-order valence-electron chi connectivity index (χ3n) is 2.64. The van der Waals surface area contributed by atoms with Crippen LogP contribution >= 0.6 is 0 Å². The Morgan fingerprint density at radius 3 is 2.61 bits per heavy atom. The third kappa shape index (κ3) is 2.29. The predicted octanol–water partition coefficient (Wildman–Crippen LogP) is 1.35. The zero-order chi connectivity index (χ0) is 13.1. The van der Waals surface area contributed by atoms with Gasteiger partial charge in [-0.05, 0) is 19.1 Å². The zero-order valence-electron chi connectivity index (χ0n) is 10.2. The molecule has 1 amide bonds. The first-order valence-electron chi connectivity index (χ1n) is 5.47. The van der Waals surface area contributed by atoms with Gasteiger partial charge in [0.1, 0.15) is 5.56 Å². The molecule has 0 saturated heterocycles. The van der Waals surface area contributed by atoms with Crippen LogP contribution in [0.25, 0.3) is 0 Å². The maximum absolute atomic E-state index is 12.2. The number of carbonyl (C=O) groups is 1. The molecule has 0 spiro atoms. The Bertz CT molecular complexity index is 620. The van der Waals surface area contributed by atoms with Crippen LogP contribution in [0, 0.1) is 6.92 Å². The van der Waals surface area contributed by atoms with Gasteiger partial charge >= 0.3 is 0 Å². The maximum Gasteiger partial charge on any atom is 0.263 e. The van der Waals surface area contributed by atoms with Crippen LogP contribution in [0.1, 0.15) is 16.1 Å². The SMILES string of the molecule is Cc1cc(=O)c(C(=O)N(C)c2ccncc2)c[nH]1. The molecule has 0 unspecified atom stereocenters. The van der Waals surface area contributed by atoms with Crippen LogP contribution < -0.4 is 10.3 Å². The van der Waals surface area contributed by atoms with Crippen LogP contribution in [0.3, 0.4) is 0 Å².